The Morgan fingerprint density at radius 2 is 1.65 bits per heavy atom. The van der Waals surface area contributed by atoms with E-state index in [1.54, 1.807) is 0 Å². The first-order chi connectivity index (χ1) is 14.5. The van der Waals surface area contributed by atoms with Crippen molar-refractivity contribution in [3.63, 3.8) is 0 Å². The lowest BCUT2D eigenvalue weighted by Gasteiger charge is -2.27. The molecule has 0 fully saturated rings. The molecule has 0 atom stereocenters. The third-order valence-electron chi connectivity index (χ3n) is 5.16. The van der Waals surface area contributed by atoms with Crippen molar-refractivity contribution in [3.8, 4) is 5.75 Å². The fourth-order valence-electron chi connectivity index (χ4n) is 3.63. The van der Waals surface area contributed by atoms with Crippen molar-refractivity contribution >= 4 is 16.8 Å². The Labute approximate surface area is 172 Å². The number of hydrogen-bond acceptors (Lipinski definition) is 2. The molecule has 1 aliphatic heterocycles. The van der Waals surface area contributed by atoms with Gasteiger partial charge in [0.25, 0.3) is 5.91 Å². The third kappa shape index (κ3) is 4.33. The number of benzene rings is 2. The van der Waals surface area contributed by atoms with Crippen LogP contribution < -0.4 is 4.74 Å². The van der Waals surface area contributed by atoms with E-state index in [0.717, 1.165) is 22.2 Å². The predicted molar refractivity (Wildman–Crippen MR) is 99.4 cm³/mol. The summed E-state index contributed by atoms with van der Waals surface area (Å²) < 4.78 is 82.8. The molecular formula is C21H16F6N2O2. The minimum atomic E-state index is -4.98. The second-order valence-electron chi connectivity index (χ2n) is 7.22. The summed E-state index contributed by atoms with van der Waals surface area (Å²) in [5.41, 5.74) is -0.119. The van der Waals surface area contributed by atoms with E-state index in [1.807, 2.05) is 24.3 Å². The third-order valence-corrected chi connectivity index (χ3v) is 5.16. The molecule has 0 unspecified atom stereocenters. The van der Waals surface area contributed by atoms with Crippen molar-refractivity contribution in [1.29, 1.82) is 0 Å². The lowest BCUT2D eigenvalue weighted by Crippen LogP contribution is -2.38. The van der Waals surface area contributed by atoms with Gasteiger partial charge in [-0.3, -0.25) is 4.79 Å². The van der Waals surface area contributed by atoms with Gasteiger partial charge in [-0.05, 0) is 24.3 Å². The number of carbonyl (C=O) groups is 1. The van der Waals surface area contributed by atoms with Crippen LogP contribution in [0.15, 0.2) is 42.5 Å². The summed E-state index contributed by atoms with van der Waals surface area (Å²) >= 11 is 0. The highest BCUT2D eigenvalue weighted by molar-refractivity contribution is 5.86. The SMILES string of the molecule is O=C(COc1cc(C(F)(F)F)cc(C(F)(F)F)c1)N1CCc2[nH]c3ccccc3c2C1. The van der Waals surface area contributed by atoms with Crippen molar-refractivity contribution in [2.75, 3.05) is 13.2 Å². The van der Waals surface area contributed by atoms with Gasteiger partial charge in [-0.15, -0.1) is 0 Å². The van der Waals surface area contributed by atoms with Gasteiger partial charge >= 0.3 is 12.4 Å². The average molecular weight is 442 g/mol. The van der Waals surface area contributed by atoms with E-state index >= 15 is 0 Å². The van der Waals surface area contributed by atoms with E-state index in [0.29, 0.717) is 25.1 Å². The van der Waals surface area contributed by atoms with Gasteiger partial charge in [0.1, 0.15) is 5.75 Å². The number of ether oxygens (including phenoxy) is 1. The molecule has 0 aliphatic carbocycles. The average Bonchev–Trinajstić information content (AvgIpc) is 3.08. The predicted octanol–water partition coefficient (Wildman–Crippen LogP) is 5.17. The number of aromatic nitrogens is 1. The number of nitrogens with one attached hydrogen (secondary N) is 1. The molecule has 31 heavy (non-hydrogen) atoms. The molecule has 164 valence electrons. The van der Waals surface area contributed by atoms with Gasteiger partial charge in [-0.2, -0.15) is 26.3 Å². The molecule has 4 rings (SSSR count). The highest BCUT2D eigenvalue weighted by Gasteiger charge is 2.37. The van der Waals surface area contributed by atoms with E-state index in [1.165, 1.54) is 4.90 Å². The molecule has 1 amide bonds. The van der Waals surface area contributed by atoms with Gasteiger partial charge < -0.3 is 14.6 Å². The molecule has 1 N–H and O–H groups in total. The van der Waals surface area contributed by atoms with Crippen LogP contribution in [0.5, 0.6) is 5.75 Å². The number of H-pyrrole nitrogens is 1. The Hall–Kier alpha value is -3.17. The van der Waals surface area contributed by atoms with E-state index in [-0.39, 0.29) is 12.6 Å². The lowest BCUT2D eigenvalue weighted by molar-refractivity contribution is -0.143. The molecule has 2 heterocycles. The van der Waals surface area contributed by atoms with Crippen LogP contribution in [0.4, 0.5) is 26.3 Å². The zero-order valence-corrected chi connectivity index (χ0v) is 15.9. The van der Waals surface area contributed by atoms with E-state index in [4.69, 9.17) is 4.74 Å². The molecule has 2 aromatic carbocycles. The van der Waals surface area contributed by atoms with Crippen molar-refractivity contribution in [1.82, 2.24) is 9.88 Å². The molecule has 0 saturated heterocycles. The van der Waals surface area contributed by atoms with Gasteiger partial charge in [-0.1, -0.05) is 18.2 Å². The first-order valence-electron chi connectivity index (χ1n) is 9.31. The maximum Gasteiger partial charge on any atom is 0.416 e. The van der Waals surface area contributed by atoms with Crippen LogP contribution in [-0.4, -0.2) is 28.9 Å². The topological polar surface area (TPSA) is 45.3 Å². The minimum absolute atomic E-state index is 0.0118. The normalized spacial score (nSPS) is 14.6. The number of amides is 1. The number of carbonyl (C=O) groups excluding carboxylic acids is 1. The molecule has 0 bridgehead atoms. The highest BCUT2D eigenvalue weighted by atomic mass is 19.4. The highest BCUT2D eigenvalue weighted by Crippen LogP contribution is 2.38. The molecule has 0 spiro atoms. The Morgan fingerprint density at radius 1 is 1.00 bits per heavy atom. The number of para-hydroxylation sites is 1. The van der Waals surface area contributed by atoms with Gasteiger partial charge in [-0.25, -0.2) is 0 Å². The number of nitrogens with zero attached hydrogens (tertiary/aromatic N) is 1. The van der Waals surface area contributed by atoms with Crippen LogP contribution in [0.3, 0.4) is 0 Å². The Morgan fingerprint density at radius 3 is 2.29 bits per heavy atom. The van der Waals surface area contributed by atoms with Crippen molar-refractivity contribution in [2.45, 2.75) is 25.3 Å². The fraction of sp³-hybridized carbons (Fsp3) is 0.286. The second-order valence-corrected chi connectivity index (χ2v) is 7.22. The van der Waals surface area contributed by atoms with Crippen molar-refractivity contribution in [3.05, 3.63) is 64.8 Å². The Kier molecular flexibility index (Phi) is 5.10. The molecule has 0 radical (unpaired) electrons. The summed E-state index contributed by atoms with van der Waals surface area (Å²) in [6, 6.07) is 8.49. The summed E-state index contributed by atoms with van der Waals surface area (Å²) in [6.07, 6.45) is -9.42. The molecule has 4 nitrogen and oxygen atoms in total. The monoisotopic (exact) mass is 442 g/mol. The van der Waals surface area contributed by atoms with E-state index in [9.17, 15) is 31.1 Å². The van der Waals surface area contributed by atoms with Crippen LogP contribution in [-0.2, 0) is 30.1 Å². The van der Waals surface area contributed by atoms with Crippen molar-refractivity contribution < 1.29 is 35.9 Å². The number of halogens is 6. The van der Waals surface area contributed by atoms with Gasteiger partial charge in [0.2, 0.25) is 0 Å². The van der Waals surface area contributed by atoms with Gasteiger partial charge in [0, 0.05) is 41.7 Å². The molecular weight excluding hydrogens is 426 g/mol. The smallest absolute Gasteiger partial charge is 0.416 e. The number of hydrogen-bond donors (Lipinski definition) is 1. The maximum absolute atomic E-state index is 13.0. The van der Waals surface area contributed by atoms with Crippen LogP contribution in [0.1, 0.15) is 22.4 Å². The first-order valence-corrected chi connectivity index (χ1v) is 9.31. The number of fused-ring (bicyclic) bond motifs is 3. The van der Waals surface area contributed by atoms with Crippen LogP contribution in [0, 0.1) is 0 Å². The summed E-state index contributed by atoms with van der Waals surface area (Å²) in [5.74, 6) is -1.19. The Bertz CT molecular complexity index is 1100. The lowest BCUT2D eigenvalue weighted by atomic mass is 10.0. The fourth-order valence-corrected chi connectivity index (χ4v) is 3.63. The largest absolute Gasteiger partial charge is 0.484 e. The summed E-state index contributed by atoms with van der Waals surface area (Å²) in [6.45, 7) is -0.0351. The van der Waals surface area contributed by atoms with Gasteiger partial charge in [0.05, 0.1) is 11.1 Å². The molecule has 1 aliphatic rings. The summed E-state index contributed by atoms with van der Waals surface area (Å²) in [7, 11) is 0. The zero-order valence-electron chi connectivity index (χ0n) is 15.9. The second kappa shape index (κ2) is 7.51. The van der Waals surface area contributed by atoms with Crippen LogP contribution >= 0.6 is 0 Å². The van der Waals surface area contributed by atoms with E-state index in [2.05, 4.69) is 4.98 Å². The molecule has 3 aromatic rings. The molecule has 0 saturated carbocycles. The number of alkyl halides is 6. The van der Waals surface area contributed by atoms with E-state index < -0.39 is 41.7 Å². The van der Waals surface area contributed by atoms with Crippen LogP contribution in [0.25, 0.3) is 10.9 Å². The van der Waals surface area contributed by atoms with Crippen LogP contribution in [0.2, 0.25) is 0 Å². The van der Waals surface area contributed by atoms with Crippen molar-refractivity contribution in [2.24, 2.45) is 0 Å². The number of aromatic amines is 1. The quantitative estimate of drug-likeness (QED) is 0.569. The number of rotatable bonds is 3. The molecule has 1 aromatic heterocycles. The maximum atomic E-state index is 13.0. The summed E-state index contributed by atoms with van der Waals surface area (Å²) in [5, 5.41) is 0.962. The van der Waals surface area contributed by atoms with Gasteiger partial charge in [0.15, 0.2) is 6.61 Å². The Balaban J connectivity index is 1.50. The zero-order chi connectivity index (χ0) is 22.4. The summed E-state index contributed by atoms with van der Waals surface area (Å²) in [4.78, 5) is 17.3. The molecule has 10 heteroatoms. The first kappa shape index (κ1) is 21.1. The minimum Gasteiger partial charge on any atom is -0.484 e. The standard InChI is InChI=1S/C21H16F6N2O2/c22-20(23,24)12-7-13(21(25,26)27)9-14(8-12)31-11-19(30)29-6-5-18-16(10-29)15-3-1-2-4-17(15)28-18/h1-4,7-9,28H,5-6,10-11H2.